The minimum atomic E-state index is -0.0851. The van der Waals surface area contributed by atoms with Gasteiger partial charge < -0.3 is 14.5 Å². The van der Waals surface area contributed by atoms with Gasteiger partial charge in [-0.15, -0.1) is 0 Å². The van der Waals surface area contributed by atoms with Crippen molar-refractivity contribution in [2.45, 2.75) is 0 Å². The molecular formula is C19H14N4O2. The molecule has 0 saturated carbocycles. The second-order valence-electron chi connectivity index (χ2n) is 5.13. The minimum Gasteiger partial charge on any atom is -0.493 e. The van der Waals surface area contributed by atoms with Crippen LogP contribution >= 0.6 is 0 Å². The maximum Gasteiger partial charge on any atom is 0.174 e. The van der Waals surface area contributed by atoms with Gasteiger partial charge in [-0.05, 0) is 35.9 Å². The smallest absolute Gasteiger partial charge is 0.174 e. The monoisotopic (exact) mass is 330 g/mol. The number of imidazole rings is 1. The van der Waals surface area contributed by atoms with Gasteiger partial charge >= 0.3 is 0 Å². The molecule has 6 heteroatoms. The fourth-order valence-electron chi connectivity index (χ4n) is 2.41. The molecule has 0 aliphatic rings. The zero-order chi connectivity index (χ0) is 17.6. The van der Waals surface area contributed by atoms with Crippen molar-refractivity contribution in [1.82, 2.24) is 9.97 Å². The molecule has 1 aromatic heterocycles. The molecule has 6 nitrogen and oxygen atoms in total. The summed E-state index contributed by atoms with van der Waals surface area (Å²) in [4.78, 5) is 7.58. The third-order valence-corrected chi connectivity index (χ3v) is 3.56. The van der Waals surface area contributed by atoms with Crippen LogP contribution in [0.15, 0.2) is 42.5 Å². The SMILES string of the molecule is COc1ccc(/C=C(\C#N)c2nc3ccccc3[nH]2)cc1OCC#N. The number of nitrogens with one attached hydrogen (secondary N) is 1. The Bertz CT molecular complexity index is 989. The predicted octanol–water partition coefficient (Wildman–Crippen LogP) is 3.54. The van der Waals surface area contributed by atoms with E-state index < -0.39 is 0 Å². The molecule has 122 valence electrons. The van der Waals surface area contributed by atoms with Gasteiger partial charge in [-0.25, -0.2) is 4.98 Å². The van der Waals surface area contributed by atoms with Crippen molar-refractivity contribution >= 4 is 22.7 Å². The van der Waals surface area contributed by atoms with Gasteiger partial charge in [-0.1, -0.05) is 18.2 Å². The van der Waals surface area contributed by atoms with Crippen molar-refractivity contribution in [3.05, 3.63) is 53.9 Å². The highest BCUT2D eigenvalue weighted by molar-refractivity contribution is 5.90. The van der Waals surface area contributed by atoms with E-state index >= 15 is 0 Å². The topological polar surface area (TPSA) is 94.7 Å². The van der Waals surface area contributed by atoms with E-state index in [0.29, 0.717) is 22.9 Å². The lowest BCUT2D eigenvalue weighted by molar-refractivity contribution is 0.329. The van der Waals surface area contributed by atoms with Crippen LogP contribution in [-0.4, -0.2) is 23.7 Å². The zero-order valence-corrected chi connectivity index (χ0v) is 13.5. The lowest BCUT2D eigenvalue weighted by Crippen LogP contribution is -1.97. The number of fused-ring (bicyclic) bond motifs is 1. The molecule has 3 rings (SSSR count). The highest BCUT2D eigenvalue weighted by Crippen LogP contribution is 2.29. The number of allylic oxidation sites excluding steroid dienone is 1. The number of nitriles is 2. The first-order valence-electron chi connectivity index (χ1n) is 7.50. The van der Waals surface area contributed by atoms with E-state index in [1.807, 2.05) is 30.3 Å². The first kappa shape index (κ1) is 16.1. The second kappa shape index (κ2) is 7.20. The summed E-state index contributed by atoms with van der Waals surface area (Å²) in [6.07, 6.45) is 1.70. The number of aromatic nitrogens is 2. The normalized spacial score (nSPS) is 10.9. The van der Waals surface area contributed by atoms with E-state index in [9.17, 15) is 5.26 Å². The highest BCUT2D eigenvalue weighted by atomic mass is 16.5. The summed E-state index contributed by atoms with van der Waals surface area (Å²) in [7, 11) is 1.53. The summed E-state index contributed by atoms with van der Waals surface area (Å²) >= 11 is 0. The molecular weight excluding hydrogens is 316 g/mol. The summed E-state index contributed by atoms with van der Waals surface area (Å²) in [6.45, 7) is -0.0851. The van der Waals surface area contributed by atoms with Crippen LogP contribution in [0.2, 0.25) is 0 Å². The molecule has 1 N–H and O–H groups in total. The number of methoxy groups -OCH3 is 1. The summed E-state index contributed by atoms with van der Waals surface area (Å²) in [5.74, 6) is 1.47. The third kappa shape index (κ3) is 3.44. The van der Waals surface area contributed by atoms with E-state index in [1.54, 1.807) is 24.3 Å². The van der Waals surface area contributed by atoms with Gasteiger partial charge in [0.05, 0.1) is 23.7 Å². The zero-order valence-electron chi connectivity index (χ0n) is 13.5. The highest BCUT2D eigenvalue weighted by Gasteiger charge is 2.09. The van der Waals surface area contributed by atoms with E-state index in [2.05, 4.69) is 16.0 Å². The number of aromatic amines is 1. The first-order chi connectivity index (χ1) is 12.2. The van der Waals surface area contributed by atoms with Crippen LogP contribution in [0.3, 0.4) is 0 Å². The number of nitrogens with zero attached hydrogens (tertiary/aromatic N) is 3. The van der Waals surface area contributed by atoms with Crippen molar-refractivity contribution in [2.24, 2.45) is 0 Å². The van der Waals surface area contributed by atoms with E-state index in [0.717, 1.165) is 16.6 Å². The van der Waals surface area contributed by atoms with Gasteiger partial charge in [0.15, 0.2) is 18.1 Å². The third-order valence-electron chi connectivity index (χ3n) is 3.56. The first-order valence-corrected chi connectivity index (χ1v) is 7.50. The molecule has 0 bridgehead atoms. The van der Waals surface area contributed by atoms with Gasteiger partial charge in [-0.3, -0.25) is 0 Å². The van der Waals surface area contributed by atoms with Gasteiger partial charge in [0.2, 0.25) is 0 Å². The van der Waals surface area contributed by atoms with E-state index in [-0.39, 0.29) is 6.61 Å². The Hall–Kier alpha value is -3.77. The number of para-hydroxylation sites is 2. The molecule has 0 fully saturated rings. The van der Waals surface area contributed by atoms with Crippen LogP contribution in [0.1, 0.15) is 11.4 Å². The summed E-state index contributed by atoms with van der Waals surface area (Å²) in [6, 6.07) is 16.9. The predicted molar refractivity (Wildman–Crippen MR) is 93.7 cm³/mol. The Kier molecular flexibility index (Phi) is 4.64. The lowest BCUT2D eigenvalue weighted by atomic mass is 10.1. The Morgan fingerprint density at radius 1 is 1.20 bits per heavy atom. The van der Waals surface area contributed by atoms with Gasteiger partial charge in [0.1, 0.15) is 18.0 Å². The van der Waals surface area contributed by atoms with Gasteiger partial charge in [0, 0.05) is 0 Å². The molecule has 2 aromatic carbocycles. The quantitative estimate of drug-likeness (QED) is 0.722. The molecule has 3 aromatic rings. The average Bonchev–Trinajstić information content (AvgIpc) is 3.08. The Balaban J connectivity index is 1.99. The number of H-pyrrole nitrogens is 1. The maximum absolute atomic E-state index is 9.50. The molecule has 0 aliphatic heterocycles. The fraction of sp³-hybridized carbons (Fsp3) is 0.105. The second-order valence-corrected chi connectivity index (χ2v) is 5.13. The Morgan fingerprint density at radius 3 is 2.76 bits per heavy atom. The maximum atomic E-state index is 9.50. The van der Waals surface area contributed by atoms with Crippen LogP contribution in [0.5, 0.6) is 11.5 Å². The molecule has 0 unspecified atom stereocenters. The van der Waals surface area contributed by atoms with Crippen LogP contribution in [0.4, 0.5) is 0 Å². The molecule has 25 heavy (non-hydrogen) atoms. The lowest BCUT2D eigenvalue weighted by Gasteiger charge is -2.09. The molecule has 0 radical (unpaired) electrons. The Morgan fingerprint density at radius 2 is 2.04 bits per heavy atom. The molecule has 1 heterocycles. The number of benzene rings is 2. The number of hydrogen-bond acceptors (Lipinski definition) is 5. The number of rotatable bonds is 5. The van der Waals surface area contributed by atoms with Crippen molar-refractivity contribution in [2.75, 3.05) is 13.7 Å². The van der Waals surface area contributed by atoms with Crippen LogP contribution in [0.25, 0.3) is 22.7 Å². The minimum absolute atomic E-state index is 0.0851. The van der Waals surface area contributed by atoms with Crippen molar-refractivity contribution in [3.63, 3.8) is 0 Å². The van der Waals surface area contributed by atoms with E-state index in [4.69, 9.17) is 14.7 Å². The summed E-state index contributed by atoms with van der Waals surface area (Å²) < 4.78 is 10.6. The number of hydrogen-bond donors (Lipinski definition) is 1. The average molecular weight is 330 g/mol. The van der Waals surface area contributed by atoms with Gasteiger partial charge in [-0.2, -0.15) is 10.5 Å². The van der Waals surface area contributed by atoms with Crippen LogP contribution in [0, 0.1) is 22.7 Å². The van der Waals surface area contributed by atoms with Crippen molar-refractivity contribution in [1.29, 1.82) is 10.5 Å². The van der Waals surface area contributed by atoms with E-state index in [1.165, 1.54) is 7.11 Å². The van der Waals surface area contributed by atoms with Crippen LogP contribution in [-0.2, 0) is 0 Å². The summed E-state index contributed by atoms with van der Waals surface area (Å²) in [5, 5.41) is 18.2. The van der Waals surface area contributed by atoms with Crippen molar-refractivity contribution in [3.8, 4) is 23.6 Å². The van der Waals surface area contributed by atoms with Crippen LogP contribution < -0.4 is 9.47 Å². The Labute approximate surface area is 144 Å². The summed E-state index contributed by atoms with van der Waals surface area (Å²) in [5.41, 5.74) is 2.80. The van der Waals surface area contributed by atoms with Crippen molar-refractivity contribution < 1.29 is 9.47 Å². The molecule has 0 aliphatic carbocycles. The molecule has 0 atom stereocenters. The fourth-order valence-corrected chi connectivity index (χ4v) is 2.41. The standard InChI is InChI=1S/C19H14N4O2/c1-24-17-7-6-13(11-18(17)25-9-8-20)10-14(12-21)19-22-15-4-2-3-5-16(15)23-19/h2-7,10-11H,9H2,1H3,(H,22,23)/b14-10+. The molecule has 0 saturated heterocycles. The number of ether oxygens (including phenoxy) is 2. The molecule has 0 amide bonds. The largest absolute Gasteiger partial charge is 0.493 e. The van der Waals surface area contributed by atoms with Gasteiger partial charge in [0.25, 0.3) is 0 Å². The molecule has 0 spiro atoms.